The third-order valence-electron chi connectivity index (χ3n) is 3.62. The Hall–Kier alpha value is -0.770. The van der Waals surface area contributed by atoms with E-state index in [4.69, 9.17) is 5.11 Å². The first kappa shape index (κ1) is 14.3. The SMILES string of the molecule is CC1(CCNC(C)(C)C)CCN(C(=O)O)CC1. The van der Waals surface area contributed by atoms with Crippen LogP contribution in [0.3, 0.4) is 0 Å². The average molecular weight is 242 g/mol. The molecule has 1 amide bonds. The summed E-state index contributed by atoms with van der Waals surface area (Å²) in [6.07, 6.45) is 2.30. The largest absolute Gasteiger partial charge is 0.465 e. The highest BCUT2D eigenvalue weighted by molar-refractivity contribution is 5.65. The standard InChI is InChI=1S/C13H26N2O2/c1-12(2,3)14-8-5-13(4)6-9-15(10-7-13)11(16)17/h14H,5-10H2,1-4H3,(H,16,17). The average Bonchev–Trinajstić information content (AvgIpc) is 2.15. The van der Waals surface area contributed by atoms with Gasteiger partial charge in [-0.1, -0.05) is 6.92 Å². The van der Waals surface area contributed by atoms with E-state index >= 15 is 0 Å². The van der Waals surface area contributed by atoms with Gasteiger partial charge in [0.1, 0.15) is 0 Å². The van der Waals surface area contributed by atoms with Crippen molar-refractivity contribution in [3.8, 4) is 0 Å². The van der Waals surface area contributed by atoms with Crippen molar-refractivity contribution >= 4 is 6.09 Å². The molecule has 0 aromatic carbocycles. The van der Waals surface area contributed by atoms with E-state index in [0.717, 1.165) is 25.8 Å². The van der Waals surface area contributed by atoms with Crippen LogP contribution in [0.15, 0.2) is 0 Å². The van der Waals surface area contributed by atoms with E-state index in [9.17, 15) is 4.79 Å². The summed E-state index contributed by atoms with van der Waals surface area (Å²) in [5, 5.41) is 12.4. The summed E-state index contributed by atoms with van der Waals surface area (Å²) in [6, 6.07) is 0. The molecule has 17 heavy (non-hydrogen) atoms. The van der Waals surface area contributed by atoms with Gasteiger partial charge in [-0.25, -0.2) is 4.79 Å². The molecule has 0 aliphatic carbocycles. The predicted molar refractivity (Wildman–Crippen MR) is 69.3 cm³/mol. The van der Waals surface area contributed by atoms with Crippen LogP contribution in [0.2, 0.25) is 0 Å². The van der Waals surface area contributed by atoms with E-state index in [0.29, 0.717) is 18.5 Å². The van der Waals surface area contributed by atoms with Crippen LogP contribution in [0, 0.1) is 5.41 Å². The van der Waals surface area contributed by atoms with Crippen molar-refractivity contribution in [2.24, 2.45) is 5.41 Å². The maximum Gasteiger partial charge on any atom is 0.407 e. The van der Waals surface area contributed by atoms with E-state index in [1.807, 2.05) is 0 Å². The van der Waals surface area contributed by atoms with Crippen molar-refractivity contribution in [2.75, 3.05) is 19.6 Å². The van der Waals surface area contributed by atoms with E-state index in [1.165, 1.54) is 4.90 Å². The number of nitrogens with one attached hydrogen (secondary N) is 1. The van der Waals surface area contributed by atoms with Gasteiger partial charge in [-0.2, -0.15) is 0 Å². The van der Waals surface area contributed by atoms with Crippen LogP contribution in [0.25, 0.3) is 0 Å². The maximum atomic E-state index is 10.8. The Balaban J connectivity index is 2.32. The first-order chi connectivity index (χ1) is 7.72. The molecule has 0 aromatic heterocycles. The Bertz CT molecular complexity index is 263. The number of carbonyl (C=O) groups is 1. The number of piperidine rings is 1. The molecular weight excluding hydrogens is 216 g/mol. The second-order valence-electron chi connectivity index (χ2n) is 6.51. The molecule has 4 heteroatoms. The third kappa shape index (κ3) is 4.94. The summed E-state index contributed by atoms with van der Waals surface area (Å²) in [6.45, 7) is 11.2. The first-order valence-electron chi connectivity index (χ1n) is 6.45. The summed E-state index contributed by atoms with van der Waals surface area (Å²) < 4.78 is 0. The summed E-state index contributed by atoms with van der Waals surface area (Å²) in [5.74, 6) is 0. The van der Waals surface area contributed by atoms with Gasteiger partial charge in [0.25, 0.3) is 0 Å². The van der Waals surface area contributed by atoms with Crippen molar-refractivity contribution in [3.63, 3.8) is 0 Å². The highest BCUT2D eigenvalue weighted by Crippen LogP contribution is 2.34. The van der Waals surface area contributed by atoms with E-state index in [-0.39, 0.29) is 5.54 Å². The molecule has 0 unspecified atom stereocenters. The molecule has 0 radical (unpaired) electrons. The van der Waals surface area contributed by atoms with Crippen molar-refractivity contribution in [1.82, 2.24) is 10.2 Å². The lowest BCUT2D eigenvalue weighted by Crippen LogP contribution is -2.44. The Labute approximate surface area is 104 Å². The molecule has 1 aliphatic rings. The van der Waals surface area contributed by atoms with E-state index in [2.05, 4.69) is 33.0 Å². The normalized spacial score (nSPS) is 20.4. The maximum absolute atomic E-state index is 10.8. The van der Waals surface area contributed by atoms with Crippen LogP contribution >= 0.6 is 0 Å². The molecule has 0 aromatic rings. The van der Waals surface area contributed by atoms with Gasteiger partial charge >= 0.3 is 6.09 Å². The zero-order chi connectivity index (χ0) is 13.1. The van der Waals surface area contributed by atoms with Crippen LogP contribution < -0.4 is 5.32 Å². The van der Waals surface area contributed by atoms with Crippen LogP contribution in [0.4, 0.5) is 4.79 Å². The molecule has 1 rings (SSSR count). The van der Waals surface area contributed by atoms with Gasteiger partial charge < -0.3 is 15.3 Å². The number of likely N-dealkylation sites (tertiary alicyclic amines) is 1. The molecule has 1 heterocycles. The molecule has 0 atom stereocenters. The zero-order valence-corrected chi connectivity index (χ0v) is 11.5. The molecular formula is C13H26N2O2. The van der Waals surface area contributed by atoms with Crippen LogP contribution in [-0.2, 0) is 0 Å². The molecule has 100 valence electrons. The Morgan fingerprint density at radius 1 is 1.35 bits per heavy atom. The number of amides is 1. The number of nitrogens with zero attached hydrogens (tertiary/aromatic N) is 1. The van der Waals surface area contributed by atoms with Gasteiger partial charge in [0.15, 0.2) is 0 Å². The lowest BCUT2D eigenvalue weighted by Gasteiger charge is -2.39. The predicted octanol–water partition coefficient (Wildman–Crippen LogP) is 2.54. The molecule has 1 aliphatic heterocycles. The monoisotopic (exact) mass is 242 g/mol. The first-order valence-corrected chi connectivity index (χ1v) is 6.45. The molecule has 0 spiro atoms. The van der Waals surface area contributed by atoms with E-state index < -0.39 is 6.09 Å². The Kier molecular flexibility index (Phi) is 4.42. The molecule has 0 bridgehead atoms. The summed E-state index contributed by atoms with van der Waals surface area (Å²) in [5.41, 5.74) is 0.461. The highest BCUT2D eigenvalue weighted by atomic mass is 16.4. The fraction of sp³-hybridized carbons (Fsp3) is 0.923. The van der Waals surface area contributed by atoms with Gasteiger partial charge in [-0.3, -0.25) is 0 Å². The molecule has 1 fully saturated rings. The second kappa shape index (κ2) is 5.25. The second-order valence-corrected chi connectivity index (χ2v) is 6.51. The van der Waals surface area contributed by atoms with Gasteiger partial charge in [-0.05, 0) is 52.0 Å². The van der Waals surface area contributed by atoms with Gasteiger partial charge in [0.05, 0.1) is 0 Å². The number of hydrogen-bond acceptors (Lipinski definition) is 2. The Morgan fingerprint density at radius 2 is 1.88 bits per heavy atom. The minimum Gasteiger partial charge on any atom is -0.465 e. The molecule has 2 N–H and O–H groups in total. The smallest absolute Gasteiger partial charge is 0.407 e. The minimum atomic E-state index is -0.778. The van der Waals surface area contributed by atoms with Crippen LogP contribution in [0.5, 0.6) is 0 Å². The minimum absolute atomic E-state index is 0.165. The summed E-state index contributed by atoms with van der Waals surface area (Å²) >= 11 is 0. The Morgan fingerprint density at radius 3 is 2.29 bits per heavy atom. The molecule has 1 saturated heterocycles. The highest BCUT2D eigenvalue weighted by Gasteiger charge is 2.31. The fourth-order valence-electron chi connectivity index (χ4n) is 2.23. The topological polar surface area (TPSA) is 52.6 Å². The van der Waals surface area contributed by atoms with Gasteiger partial charge in [-0.15, -0.1) is 0 Å². The number of carboxylic acid groups (broad SMARTS) is 1. The third-order valence-corrected chi connectivity index (χ3v) is 3.62. The lowest BCUT2D eigenvalue weighted by atomic mass is 9.77. The van der Waals surface area contributed by atoms with Crippen molar-refractivity contribution in [1.29, 1.82) is 0 Å². The fourth-order valence-corrected chi connectivity index (χ4v) is 2.23. The summed E-state index contributed by atoms with van der Waals surface area (Å²) in [7, 11) is 0. The summed E-state index contributed by atoms with van der Waals surface area (Å²) in [4.78, 5) is 12.4. The number of hydrogen-bond donors (Lipinski definition) is 2. The zero-order valence-electron chi connectivity index (χ0n) is 11.5. The number of rotatable bonds is 3. The van der Waals surface area contributed by atoms with Crippen molar-refractivity contribution < 1.29 is 9.90 Å². The molecule has 4 nitrogen and oxygen atoms in total. The van der Waals surface area contributed by atoms with Crippen LogP contribution in [-0.4, -0.2) is 41.3 Å². The quantitative estimate of drug-likeness (QED) is 0.799. The van der Waals surface area contributed by atoms with E-state index in [1.54, 1.807) is 0 Å². The van der Waals surface area contributed by atoms with Gasteiger partial charge in [0.2, 0.25) is 0 Å². The van der Waals surface area contributed by atoms with Crippen molar-refractivity contribution in [2.45, 2.75) is 52.5 Å². The van der Waals surface area contributed by atoms with Crippen LogP contribution in [0.1, 0.15) is 47.0 Å². The van der Waals surface area contributed by atoms with Crippen molar-refractivity contribution in [3.05, 3.63) is 0 Å². The molecule has 0 saturated carbocycles. The lowest BCUT2D eigenvalue weighted by molar-refractivity contribution is 0.0924. The van der Waals surface area contributed by atoms with Gasteiger partial charge in [0, 0.05) is 18.6 Å².